The van der Waals surface area contributed by atoms with E-state index in [4.69, 9.17) is 9.84 Å². The lowest BCUT2D eigenvalue weighted by molar-refractivity contribution is 0.00758. The second-order valence-electron chi connectivity index (χ2n) is 4.34. The average Bonchev–Trinajstić information content (AvgIpc) is 2.65. The summed E-state index contributed by atoms with van der Waals surface area (Å²) < 4.78 is 5.67. The minimum atomic E-state index is 0.135. The summed E-state index contributed by atoms with van der Waals surface area (Å²) >= 11 is 0. The number of hydrogen-bond donors (Lipinski definition) is 1. The number of hydrogen-bond acceptors (Lipinski definition) is 2. The van der Waals surface area contributed by atoms with Gasteiger partial charge in [-0.2, -0.15) is 0 Å². The fourth-order valence-corrected chi connectivity index (χ4v) is 2.10. The van der Waals surface area contributed by atoms with Gasteiger partial charge in [0.25, 0.3) is 0 Å². The first-order valence-electron chi connectivity index (χ1n) is 6.13. The quantitative estimate of drug-likeness (QED) is 0.640. The van der Waals surface area contributed by atoms with Gasteiger partial charge < -0.3 is 9.84 Å². The van der Waals surface area contributed by atoms with Crippen LogP contribution in [-0.4, -0.2) is 23.9 Å². The van der Waals surface area contributed by atoms with Gasteiger partial charge in [0.15, 0.2) is 0 Å². The van der Waals surface area contributed by atoms with E-state index < -0.39 is 0 Å². The third-order valence-corrected chi connectivity index (χ3v) is 3.03. The van der Waals surface area contributed by atoms with Crippen LogP contribution in [0, 0.1) is 0 Å². The van der Waals surface area contributed by atoms with Gasteiger partial charge in [0.05, 0.1) is 18.8 Å². The lowest BCUT2D eigenvalue weighted by atomic mass is 10.1. The Hall–Kier alpha value is -0.0800. The third-order valence-electron chi connectivity index (χ3n) is 3.03. The molecule has 0 aromatic heterocycles. The lowest BCUT2D eigenvalue weighted by Crippen LogP contribution is -2.14. The Bertz CT molecular complexity index is 136. The van der Waals surface area contributed by atoms with Crippen LogP contribution in [0.2, 0.25) is 0 Å². The van der Waals surface area contributed by atoms with E-state index in [-0.39, 0.29) is 12.7 Å². The van der Waals surface area contributed by atoms with Crippen molar-refractivity contribution in [2.75, 3.05) is 6.61 Å². The van der Waals surface area contributed by atoms with Crippen LogP contribution in [0.5, 0.6) is 0 Å². The first kappa shape index (κ1) is 12.0. The average molecular weight is 200 g/mol. The summed E-state index contributed by atoms with van der Waals surface area (Å²) in [4.78, 5) is 0. The first-order chi connectivity index (χ1) is 6.86. The van der Waals surface area contributed by atoms with Crippen LogP contribution < -0.4 is 0 Å². The Balaban J connectivity index is 1.92. The molecule has 2 heteroatoms. The van der Waals surface area contributed by atoms with Crippen molar-refractivity contribution >= 4 is 0 Å². The molecule has 14 heavy (non-hydrogen) atoms. The SMILES string of the molecule is CCCCCCCC1CCC(CO)O1. The Labute approximate surface area is 87.7 Å². The molecule has 2 nitrogen and oxygen atoms in total. The summed E-state index contributed by atoms with van der Waals surface area (Å²) in [6.45, 7) is 2.44. The van der Waals surface area contributed by atoms with Crippen LogP contribution in [0.25, 0.3) is 0 Å². The molecule has 0 saturated carbocycles. The first-order valence-corrected chi connectivity index (χ1v) is 6.13. The highest BCUT2D eigenvalue weighted by atomic mass is 16.5. The second kappa shape index (κ2) is 7.24. The van der Waals surface area contributed by atoms with Gasteiger partial charge in [0, 0.05) is 0 Å². The summed E-state index contributed by atoms with van der Waals surface area (Å²) in [5.41, 5.74) is 0. The van der Waals surface area contributed by atoms with E-state index in [1.807, 2.05) is 0 Å². The molecule has 2 atom stereocenters. The molecule has 0 radical (unpaired) electrons. The van der Waals surface area contributed by atoms with E-state index in [1.165, 1.54) is 38.5 Å². The lowest BCUT2D eigenvalue weighted by Gasteiger charge is -2.11. The molecule has 1 heterocycles. The summed E-state index contributed by atoms with van der Waals surface area (Å²) in [6.07, 6.45) is 10.7. The molecular weight excluding hydrogens is 176 g/mol. The number of rotatable bonds is 7. The molecule has 0 aromatic carbocycles. The molecule has 0 bridgehead atoms. The van der Waals surface area contributed by atoms with Crippen molar-refractivity contribution in [1.29, 1.82) is 0 Å². The van der Waals surface area contributed by atoms with Crippen molar-refractivity contribution in [1.82, 2.24) is 0 Å². The summed E-state index contributed by atoms with van der Waals surface area (Å²) in [6, 6.07) is 0. The fraction of sp³-hybridized carbons (Fsp3) is 1.00. The maximum atomic E-state index is 8.90. The van der Waals surface area contributed by atoms with Crippen molar-refractivity contribution in [2.24, 2.45) is 0 Å². The molecule has 1 aliphatic rings. The van der Waals surface area contributed by atoms with Crippen molar-refractivity contribution in [3.63, 3.8) is 0 Å². The van der Waals surface area contributed by atoms with E-state index in [0.717, 1.165) is 12.8 Å². The van der Waals surface area contributed by atoms with Crippen molar-refractivity contribution in [2.45, 2.75) is 70.5 Å². The van der Waals surface area contributed by atoms with Crippen LogP contribution in [-0.2, 0) is 4.74 Å². The molecule has 1 aliphatic heterocycles. The number of aliphatic hydroxyl groups excluding tert-OH is 1. The van der Waals surface area contributed by atoms with E-state index in [1.54, 1.807) is 0 Å². The molecule has 0 spiro atoms. The van der Waals surface area contributed by atoms with E-state index >= 15 is 0 Å². The third kappa shape index (κ3) is 4.43. The zero-order chi connectivity index (χ0) is 10.2. The van der Waals surface area contributed by atoms with Gasteiger partial charge in [-0.25, -0.2) is 0 Å². The molecule has 1 N–H and O–H groups in total. The Morgan fingerprint density at radius 2 is 1.79 bits per heavy atom. The molecule has 2 unspecified atom stereocenters. The predicted octanol–water partition coefficient (Wildman–Crippen LogP) is 2.89. The van der Waals surface area contributed by atoms with Crippen molar-refractivity contribution in [3.8, 4) is 0 Å². The Morgan fingerprint density at radius 1 is 1.07 bits per heavy atom. The minimum absolute atomic E-state index is 0.135. The van der Waals surface area contributed by atoms with Crippen molar-refractivity contribution < 1.29 is 9.84 Å². The zero-order valence-electron chi connectivity index (χ0n) is 9.37. The highest BCUT2D eigenvalue weighted by molar-refractivity contribution is 4.72. The molecule has 1 rings (SSSR count). The Kier molecular flexibility index (Phi) is 6.20. The number of aliphatic hydroxyl groups is 1. The minimum Gasteiger partial charge on any atom is -0.394 e. The van der Waals surface area contributed by atoms with Gasteiger partial charge >= 0.3 is 0 Å². The fourth-order valence-electron chi connectivity index (χ4n) is 2.10. The van der Waals surface area contributed by atoms with E-state index in [2.05, 4.69) is 6.92 Å². The zero-order valence-corrected chi connectivity index (χ0v) is 9.37. The van der Waals surface area contributed by atoms with E-state index in [0.29, 0.717) is 6.10 Å². The highest BCUT2D eigenvalue weighted by Crippen LogP contribution is 2.23. The van der Waals surface area contributed by atoms with Crippen LogP contribution in [0.15, 0.2) is 0 Å². The van der Waals surface area contributed by atoms with Gasteiger partial charge in [-0.05, 0) is 19.3 Å². The summed E-state index contributed by atoms with van der Waals surface area (Å²) in [7, 11) is 0. The molecule has 0 aromatic rings. The number of ether oxygens (including phenoxy) is 1. The van der Waals surface area contributed by atoms with Crippen LogP contribution in [0.4, 0.5) is 0 Å². The van der Waals surface area contributed by atoms with Gasteiger partial charge in [-0.15, -0.1) is 0 Å². The smallest absolute Gasteiger partial charge is 0.0810 e. The Morgan fingerprint density at radius 3 is 2.43 bits per heavy atom. The van der Waals surface area contributed by atoms with E-state index in [9.17, 15) is 0 Å². The second-order valence-corrected chi connectivity index (χ2v) is 4.34. The maximum Gasteiger partial charge on any atom is 0.0810 e. The van der Waals surface area contributed by atoms with Crippen molar-refractivity contribution in [3.05, 3.63) is 0 Å². The molecule has 1 fully saturated rings. The van der Waals surface area contributed by atoms with Gasteiger partial charge in [-0.3, -0.25) is 0 Å². The molecule has 0 amide bonds. The topological polar surface area (TPSA) is 29.5 Å². The van der Waals surface area contributed by atoms with Crippen LogP contribution >= 0.6 is 0 Å². The highest BCUT2D eigenvalue weighted by Gasteiger charge is 2.23. The van der Waals surface area contributed by atoms with Gasteiger partial charge in [0.1, 0.15) is 0 Å². The standard InChI is InChI=1S/C12H24O2/c1-2-3-4-5-6-7-11-8-9-12(10-13)14-11/h11-13H,2-10H2,1H3. The maximum absolute atomic E-state index is 8.90. The molecule has 1 saturated heterocycles. The molecule has 84 valence electrons. The normalized spacial score (nSPS) is 27.0. The predicted molar refractivity (Wildman–Crippen MR) is 58.4 cm³/mol. The summed E-state index contributed by atoms with van der Waals surface area (Å²) in [5.74, 6) is 0. The summed E-state index contributed by atoms with van der Waals surface area (Å²) in [5, 5.41) is 8.90. The van der Waals surface area contributed by atoms with Crippen LogP contribution in [0.3, 0.4) is 0 Å². The largest absolute Gasteiger partial charge is 0.394 e. The van der Waals surface area contributed by atoms with Crippen LogP contribution in [0.1, 0.15) is 58.3 Å². The monoisotopic (exact) mass is 200 g/mol. The van der Waals surface area contributed by atoms with Gasteiger partial charge in [-0.1, -0.05) is 39.0 Å². The van der Waals surface area contributed by atoms with Gasteiger partial charge in [0.2, 0.25) is 0 Å². The molecular formula is C12H24O2. The number of unbranched alkanes of at least 4 members (excludes halogenated alkanes) is 4. The molecule has 0 aliphatic carbocycles.